The predicted octanol–water partition coefficient (Wildman–Crippen LogP) is 3.20. The van der Waals surface area contributed by atoms with Crippen molar-refractivity contribution >= 4 is 11.0 Å². The van der Waals surface area contributed by atoms with Crippen LogP contribution in [0.5, 0.6) is 5.75 Å². The van der Waals surface area contributed by atoms with Gasteiger partial charge in [0.15, 0.2) is 0 Å². The summed E-state index contributed by atoms with van der Waals surface area (Å²) in [6.45, 7) is 1.81. The first-order valence-corrected chi connectivity index (χ1v) is 6.98. The summed E-state index contributed by atoms with van der Waals surface area (Å²) in [6, 6.07) is 14.6. The lowest BCUT2D eigenvalue weighted by molar-refractivity contribution is 0.319. The lowest BCUT2D eigenvalue weighted by Gasteiger charge is -2.17. The van der Waals surface area contributed by atoms with Gasteiger partial charge in [-0.25, -0.2) is 4.98 Å². The molecule has 2 aromatic carbocycles. The van der Waals surface area contributed by atoms with Crippen LogP contribution in [0.15, 0.2) is 48.8 Å². The third kappa shape index (κ3) is 3.23. The van der Waals surface area contributed by atoms with Crippen molar-refractivity contribution in [3.63, 3.8) is 0 Å². The van der Waals surface area contributed by atoms with Gasteiger partial charge in [-0.2, -0.15) is 0 Å². The van der Waals surface area contributed by atoms with E-state index in [9.17, 15) is 0 Å². The van der Waals surface area contributed by atoms with Crippen molar-refractivity contribution in [3.8, 4) is 5.75 Å². The van der Waals surface area contributed by atoms with E-state index in [2.05, 4.69) is 52.2 Å². The molecule has 4 heteroatoms. The second-order valence-electron chi connectivity index (χ2n) is 5.27. The van der Waals surface area contributed by atoms with Gasteiger partial charge in [0.2, 0.25) is 0 Å². The summed E-state index contributed by atoms with van der Waals surface area (Å²) in [7, 11) is 3.81. The molecule has 0 saturated carbocycles. The summed E-state index contributed by atoms with van der Waals surface area (Å²) in [5.74, 6) is 0.895. The van der Waals surface area contributed by atoms with E-state index in [1.807, 2.05) is 12.1 Å². The second kappa shape index (κ2) is 5.97. The molecule has 0 fully saturated rings. The average Bonchev–Trinajstić information content (AvgIpc) is 2.95. The highest BCUT2D eigenvalue weighted by atomic mass is 16.5. The summed E-state index contributed by atoms with van der Waals surface area (Å²) in [5, 5.41) is 0. The lowest BCUT2D eigenvalue weighted by atomic mass is 10.1. The molecule has 1 heterocycles. The van der Waals surface area contributed by atoms with Crippen molar-refractivity contribution in [1.82, 2.24) is 14.9 Å². The number of ether oxygens (including phenoxy) is 1. The molecule has 1 aromatic heterocycles. The molecule has 1 N–H and O–H groups in total. The zero-order valence-electron chi connectivity index (χ0n) is 12.3. The van der Waals surface area contributed by atoms with E-state index in [1.54, 1.807) is 13.4 Å². The fraction of sp³-hybridized carbons (Fsp3) is 0.235. The Kier molecular flexibility index (Phi) is 3.88. The molecule has 0 unspecified atom stereocenters. The van der Waals surface area contributed by atoms with Gasteiger partial charge < -0.3 is 9.72 Å². The molecule has 0 spiro atoms. The predicted molar refractivity (Wildman–Crippen MR) is 84.3 cm³/mol. The van der Waals surface area contributed by atoms with E-state index in [4.69, 9.17) is 4.74 Å². The third-order valence-electron chi connectivity index (χ3n) is 3.55. The maximum atomic E-state index is 5.18. The van der Waals surface area contributed by atoms with Crippen LogP contribution in [0.2, 0.25) is 0 Å². The molecular formula is C17H19N3O. The van der Waals surface area contributed by atoms with Gasteiger partial charge in [-0.3, -0.25) is 4.90 Å². The van der Waals surface area contributed by atoms with Crippen LogP contribution < -0.4 is 4.74 Å². The fourth-order valence-corrected chi connectivity index (χ4v) is 2.49. The van der Waals surface area contributed by atoms with Crippen LogP contribution in [0.1, 0.15) is 11.1 Å². The maximum absolute atomic E-state index is 5.18. The zero-order valence-corrected chi connectivity index (χ0v) is 12.3. The first-order valence-electron chi connectivity index (χ1n) is 6.98. The molecule has 0 saturated heterocycles. The van der Waals surface area contributed by atoms with Gasteiger partial charge in [-0.1, -0.05) is 18.2 Å². The van der Waals surface area contributed by atoms with Crippen molar-refractivity contribution in [2.24, 2.45) is 0 Å². The van der Waals surface area contributed by atoms with Gasteiger partial charge in [-0.05, 0) is 42.4 Å². The highest BCUT2D eigenvalue weighted by Gasteiger charge is 2.04. The molecule has 0 aliphatic carbocycles. The van der Waals surface area contributed by atoms with Gasteiger partial charge >= 0.3 is 0 Å². The molecule has 4 nitrogen and oxygen atoms in total. The van der Waals surface area contributed by atoms with E-state index in [0.29, 0.717) is 0 Å². The third-order valence-corrected chi connectivity index (χ3v) is 3.55. The Bertz CT molecular complexity index is 718. The quantitative estimate of drug-likeness (QED) is 0.781. The average molecular weight is 281 g/mol. The Hall–Kier alpha value is -2.33. The van der Waals surface area contributed by atoms with Gasteiger partial charge in [0.25, 0.3) is 0 Å². The van der Waals surface area contributed by atoms with E-state index in [1.165, 1.54) is 11.1 Å². The lowest BCUT2D eigenvalue weighted by Crippen LogP contribution is -2.17. The monoisotopic (exact) mass is 281 g/mol. The van der Waals surface area contributed by atoms with Gasteiger partial charge in [0, 0.05) is 13.1 Å². The Balaban J connectivity index is 1.65. The van der Waals surface area contributed by atoms with Crippen LogP contribution in [0, 0.1) is 0 Å². The number of nitrogens with zero attached hydrogens (tertiary/aromatic N) is 2. The minimum Gasteiger partial charge on any atom is -0.497 e. The molecule has 0 atom stereocenters. The zero-order chi connectivity index (χ0) is 14.7. The number of methoxy groups -OCH3 is 1. The summed E-state index contributed by atoms with van der Waals surface area (Å²) in [4.78, 5) is 9.69. The number of H-pyrrole nitrogens is 1. The van der Waals surface area contributed by atoms with E-state index < -0.39 is 0 Å². The number of benzene rings is 2. The van der Waals surface area contributed by atoms with E-state index >= 15 is 0 Å². The van der Waals surface area contributed by atoms with Crippen molar-refractivity contribution in [1.29, 1.82) is 0 Å². The molecule has 108 valence electrons. The minimum atomic E-state index is 0.895. The first-order chi connectivity index (χ1) is 10.2. The van der Waals surface area contributed by atoms with Crippen molar-refractivity contribution in [2.75, 3.05) is 14.2 Å². The molecule has 0 amide bonds. The van der Waals surface area contributed by atoms with Crippen LogP contribution >= 0.6 is 0 Å². The molecule has 3 rings (SSSR count). The molecule has 21 heavy (non-hydrogen) atoms. The first kappa shape index (κ1) is 13.6. The second-order valence-corrected chi connectivity index (χ2v) is 5.27. The molecule has 0 radical (unpaired) electrons. The van der Waals surface area contributed by atoms with Crippen LogP contribution in [0.3, 0.4) is 0 Å². The van der Waals surface area contributed by atoms with Crippen LogP contribution in [-0.2, 0) is 13.1 Å². The number of hydrogen-bond donors (Lipinski definition) is 1. The number of aromatic nitrogens is 2. The molecule has 3 aromatic rings. The number of rotatable bonds is 5. The Labute approximate surface area is 124 Å². The highest BCUT2D eigenvalue weighted by Crippen LogP contribution is 2.16. The Morgan fingerprint density at radius 2 is 1.76 bits per heavy atom. The summed E-state index contributed by atoms with van der Waals surface area (Å²) < 4.78 is 5.18. The van der Waals surface area contributed by atoms with Crippen molar-refractivity contribution in [2.45, 2.75) is 13.1 Å². The van der Waals surface area contributed by atoms with E-state index in [-0.39, 0.29) is 0 Å². The van der Waals surface area contributed by atoms with Gasteiger partial charge in [0.1, 0.15) is 5.75 Å². The molecule has 0 bridgehead atoms. The summed E-state index contributed by atoms with van der Waals surface area (Å²) >= 11 is 0. The number of aromatic amines is 1. The Morgan fingerprint density at radius 3 is 2.52 bits per heavy atom. The van der Waals surface area contributed by atoms with Crippen LogP contribution in [0.4, 0.5) is 0 Å². The SMILES string of the molecule is COc1ccc(CN(C)Cc2ccc3nc[nH]c3c2)cc1. The van der Waals surface area contributed by atoms with Crippen molar-refractivity contribution in [3.05, 3.63) is 59.9 Å². The number of fused-ring (bicyclic) bond motifs is 1. The van der Waals surface area contributed by atoms with Crippen LogP contribution in [0.25, 0.3) is 11.0 Å². The van der Waals surface area contributed by atoms with Gasteiger partial charge in [-0.15, -0.1) is 0 Å². The number of imidazole rings is 1. The normalized spacial score (nSPS) is 11.2. The molecular weight excluding hydrogens is 262 g/mol. The maximum Gasteiger partial charge on any atom is 0.118 e. The summed E-state index contributed by atoms with van der Waals surface area (Å²) in [5.41, 5.74) is 4.66. The van der Waals surface area contributed by atoms with E-state index in [0.717, 1.165) is 29.9 Å². The molecule has 0 aliphatic rings. The standard InChI is InChI=1S/C17H19N3O/c1-20(10-13-3-6-15(21-2)7-4-13)11-14-5-8-16-17(9-14)19-12-18-16/h3-9,12H,10-11H2,1-2H3,(H,18,19). The smallest absolute Gasteiger partial charge is 0.118 e. The highest BCUT2D eigenvalue weighted by molar-refractivity contribution is 5.74. The topological polar surface area (TPSA) is 41.1 Å². The number of hydrogen-bond acceptors (Lipinski definition) is 3. The van der Waals surface area contributed by atoms with Gasteiger partial charge in [0.05, 0.1) is 24.5 Å². The largest absolute Gasteiger partial charge is 0.497 e. The Morgan fingerprint density at radius 1 is 1.05 bits per heavy atom. The number of nitrogens with one attached hydrogen (secondary N) is 1. The molecule has 0 aliphatic heterocycles. The summed E-state index contributed by atoms with van der Waals surface area (Å²) in [6.07, 6.45) is 1.73. The van der Waals surface area contributed by atoms with Crippen molar-refractivity contribution < 1.29 is 4.74 Å². The van der Waals surface area contributed by atoms with Crippen LogP contribution in [-0.4, -0.2) is 29.0 Å². The minimum absolute atomic E-state index is 0.895. The fourth-order valence-electron chi connectivity index (χ4n) is 2.49.